The highest BCUT2D eigenvalue weighted by Gasteiger charge is 2.30. The zero-order valence-corrected chi connectivity index (χ0v) is 20.9. The summed E-state index contributed by atoms with van der Waals surface area (Å²) < 4.78 is 11.5. The monoisotopic (exact) mass is 439 g/mol. The first-order valence-corrected chi connectivity index (χ1v) is 11.9. The Morgan fingerprint density at radius 3 is 2.25 bits per heavy atom. The van der Waals surface area contributed by atoms with Gasteiger partial charge in [-0.3, -0.25) is 4.79 Å². The molecule has 0 amide bonds. The van der Waals surface area contributed by atoms with Crippen molar-refractivity contribution >= 4 is 18.0 Å². The Kier molecular flexibility index (Phi) is 10.1. The van der Waals surface area contributed by atoms with E-state index in [2.05, 4.69) is 62.9 Å². The molecule has 0 fully saturated rings. The Morgan fingerprint density at radius 1 is 1.00 bits per heavy atom. The Balaban J connectivity index is 2.36. The molecule has 32 heavy (non-hydrogen) atoms. The zero-order valence-electron chi connectivity index (χ0n) is 20.9. The molecule has 0 heterocycles. The summed E-state index contributed by atoms with van der Waals surface area (Å²) in [6.07, 6.45) is 13.2. The van der Waals surface area contributed by atoms with Crippen LogP contribution in [0.3, 0.4) is 0 Å². The van der Waals surface area contributed by atoms with Crippen molar-refractivity contribution in [3.05, 3.63) is 52.8 Å². The summed E-state index contributed by atoms with van der Waals surface area (Å²) in [5.41, 5.74) is 4.39. The number of carbonyl (C=O) groups excluding carboxylic acids is 1. The minimum absolute atomic E-state index is 0.0730. The number of benzene rings is 1. The molecule has 4 nitrogen and oxygen atoms in total. The van der Waals surface area contributed by atoms with Gasteiger partial charge in [-0.1, -0.05) is 52.7 Å². The summed E-state index contributed by atoms with van der Waals surface area (Å²) in [7, 11) is 3.41. The Bertz CT molecular complexity index is 840. The van der Waals surface area contributed by atoms with Crippen molar-refractivity contribution in [2.45, 2.75) is 66.2 Å². The molecule has 0 aromatic heterocycles. The molecule has 1 aliphatic carbocycles. The smallest absolute Gasteiger partial charge is 0.143 e. The van der Waals surface area contributed by atoms with Crippen LogP contribution in [-0.2, 0) is 9.53 Å². The number of ether oxygens (including phenoxy) is 2. The number of rotatable bonds is 12. The average Bonchev–Trinajstić information content (AvgIpc) is 2.77. The third-order valence-corrected chi connectivity index (χ3v) is 6.00. The van der Waals surface area contributed by atoms with Gasteiger partial charge in [-0.05, 0) is 60.5 Å². The van der Waals surface area contributed by atoms with E-state index in [1.807, 2.05) is 0 Å². The van der Waals surface area contributed by atoms with Gasteiger partial charge in [0.25, 0.3) is 0 Å². The lowest BCUT2D eigenvalue weighted by atomic mass is 9.74. The van der Waals surface area contributed by atoms with E-state index in [1.165, 1.54) is 31.4 Å². The molecule has 0 aliphatic heterocycles. The number of nitrogens with zero attached hydrogens (tertiary/aromatic N) is 1. The summed E-state index contributed by atoms with van der Waals surface area (Å²) in [6.45, 7) is 11.1. The number of hydrogen-bond acceptors (Lipinski definition) is 4. The predicted molar refractivity (Wildman–Crippen MR) is 135 cm³/mol. The number of anilines is 1. The van der Waals surface area contributed by atoms with Gasteiger partial charge in [0, 0.05) is 30.4 Å². The molecule has 0 N–H and O–H groups in total. The summed E-state index contributed by atoms with van der Waals surface area (Å²) in [5, 5.41) is 0. The third-order valence-electron chi connectivity index (χ3n) is 6.00. The molecule has 176 valence electrons. The number of aldehydes is 1. The van der Waals surface area contributed by atoms with Crippen LogP contribution in [0.25, 0.3) is 6.08 Å². The SMILES string of the molecule is CCCCN(CCCC)c1ccc(C=CC2=C(OC)C(=CC=O)CC(C)(C)C2)c(OC)c1. The van der Waals surface area contributed by atoms with Gasteiger partial charge >= 0.3 is 0 Å². The number of carbonyl (C=O) groups is 1. The van der Waals surface area contributed by atoms with Gasteiger partial charge in [0.1, 0.15) is 17.8 Å². The lowest BCUT2D eigenvalue weighted by molar-refractivity contribution is -0.104. The number of hydrogen-bond donors (Lipinski definition) is 0. The lowest BCUT2D eigenvalue weighted by Crippen LogP contribution is -2.25. The molecule has 2 rings (SSSR count). The van der Waals surface area contributed by atoms with Gasteiger partial charge in [0.05, 0.1) is 14.2 Å². The van der Waals surface area contributed by atoms with Gasteiger partial charge in [-0.15, -0.1) is 0 Å². The van der Waals surface area contributed by atoms with Crippen molar-refractivity contribution < 1.29 is 14.3 Å². The molecule has 0 saturated heterocycles. The van der Waals surface area contributed by atoms with Crippen molar-refractivity contribution in [1.82, 2.24) is 0 Å². The second kappa shape index (κ2) is 12.5. The van der Waals surface area contributed by atoms with Crippen LogP contribution in [0, 0.1) is 5.41 Å². The first-order chi connectivity index (χ1) is 15.4. The Morgan fingerprint density at radius 2 is 1.69 bits per heavy atom. The van der Waals surface area contributed by atoms with Crippen LogP contribution in [-0.4, -0.2) is 33.6 Å². The molecular formula is C28H41NO3. The first kappa shape index (κ1) is 25.8. The lowest BCUT2D eigenvalue weighted by Gasteiger charge is -2.33. The van der Waals surface area contributed by atoms with Crippen LogP contribution in [0.2, 0.25) is 0 Å². The molecule has 1 aliphatic rings. The Labute approximate surface area is 195 Å². The zero-order chi connectivity index (χ0) is 23.6. The standard InChI is InChI=1S/C28H41NO3/c1-7-9-16-29(17-10-8-2)25-14-13-22(26(19-25)31-5)11-12-23-20-28(3,4)21-24(15-18-30)27(23)32-6/h11-15,18-19H,7-10,16-17,20-21H2,1-6H3. The van der Waals surface area contributed by atoms with Gasteiger partial charge < -0.3 is 14.4 Å². The van der Waals surface area contributed by atoms with Crippen molar-refractivity contribution in [3.8, 4) is 5.75 Å². The molecule has 0 spiro atoms. The minimum Gasteiger partial charge on any atom is -0.496 e. The molecule has 4 heteroatoms. The number of unbranched alkanes of at least 4 members (excludes halogenated alkanes) is 2. The van der Waals surface area contributed by atoms with E-state index in [0.717, 1.165) is 60.4 Å². The molecule has 1 aromatic rings. The van der Waals surface area contributed by atoms with Gasteiger partial charge in [-0.25, -0.2) is 0 Å². The average molecular weight is 440 g/mol. The van der Waals surface area contributed by atoms with Crippen LogP contribution in [0.4, 0.5) is 5.69 Å². The topological polar surface area (TPSA) is 38.8 Å². The second-order valence-electron chi connectivity index (χ2n) is 9.36. The highest BCUT2D eigenvalue weighted by Crippen LogP contribution is 2.42. The van der Waals surface area contributed by atoms with Gasteiger partial charge in [0.15, 0.2) is 0 Å². The maximum atomic E-state index is 11.1. The molecule has 0 unspecified atom stereocenters. The van der Waals surface area contributed by atoms with E-state index in [9.17, 15) is 4.79 Å². The highest BCUT2D eigenvalue weighted by molar-refractivity contribution is 5.69. The molecule has 1 aromatic carbocycles. The maximum Gasteiger partial charge on any atom is 0.143 e. The van der Waals surface area contributed by atoms with Crippen LogP contribution in [0.15, 0.2) is 47.3 Å². The molecule has 0 radical (unpaired) electrons. The van der Waals surface area contributed by atoms with E-state index >= 15 is 0 Å². The molecule has 0 atom stereocenters. The van der Waals surface area contributed by atoms with Crippen molar-refractivity contribution in [1.29, 1.82) is 0 Å². The van der Waals surface area contributed by atoms with Gasteiger partial charge in [-0.2, -0.15) is 0 Å². The predicted octanol–water partition coefficient (Wildman–Crippen LogP) is 6.96. The fourth-order valence-electron chi connectivity index (χ4n) is 4.37. The summed E-state index contributed by atoms with van der Waals surface area (Å²) >= 11 is 0. The molecular weight excluding hydrogens is 398 g/mol. The van der Waals surface area contributed by atoms with Crippen LogP contribution >= 0.6 is 0 Å². The number of methoxy groups -OCH3 is 2. The third kappa shape index (κ3) is 7.01. The molecule has 0 bridgehead atoms. The largest absolute Gasteiger partial charge is 0.496 e. The van der Waals surface area contributed by atoms with Crippen LogP contribution in [0.1, 0.15) is 71.8 Å². The highest BCUT2D eigenvalue weighted by atomic mass is 16.5. The summed E-state index contributed by atoms with van der Waals surface area (Å²) in [6, 6.07) is 6.49. The molecule has 0 saturated carbocycles. The minimum atomic E-state index is 0.0730. The van der Waals surface area contributed by atoms with Crippen molar-refractivity contribution in [3.63, 3.8) is 0 Å². The quantitative estimate of drug-likeness (QED) is 0.261. The van der Waals surface area contributed by atoms with Gasteiger partial charge in [0.2, 0.25) is 0 Å². The normalized spacial score (nSPS) is 17.1. The van der Waals surface area contributed by atoms with Crippen molar-refractivity contribution in [2.24, 2.45) is 5.41 Å². The van der Waals surface area contributed by atoms with Crippen molar-refractivity contribution in [2.75, 3.05) is 32.2 Å². The summed E-state index contributed by atoms with van der Waals surface area (Å²) in [4.78, 5) is 13.6. The van der Waals surface area contributed by atoms with E-state index in [4.69, 9.17) is 9.47 Å². The fourth-order valence-corrected chi connectivity index (χ4v) is 4.37. The maximum absolute atomic E-state index is 11.1. The Hall–Kier alpha value is -2.49. The fraction of sp³-hybridized carbons (Fsp3) is 0.536. The van der Waals surface area contributed by atoms with E-state index in [1.54, 1.807) is 20.3 Å². The van der Waals surface area contributed by atoms with E-state index in [-0.39, 0.29) is 5.41 Å². The van der Waals surface area contributed by atoms with Crippen LogP contribution in [0.5, 0.6) is 5.75 Å². The van der Waals surface area contributed by atoms with E-state index in [0.29, 0.717) is 0 Å². The second-order valence-corrected chi connectivity index (χ2v) is 9.36. The summed E-state index contributed by atoms with van der Waals surface area (Å²) in [5.74, 6) is 1.68. The van der Waals surface area contributed by atoms with Crippen LogP contribution < -0.4 is 9.64 Å². The number of allylic oxidation sites excluding steroid dienone is 4. The van der Waals surface area contributed by atoms with E-state index < -0.39 is 0 Å². The first-order valence-electron chi connectivity index (χ1n) is 11.9.